The number of phenols is 2. The first-order valence-electron chi connectivity index (χ1n) is 7.06. The molecule has 20 heavy (non-hydrogen) atoms. The first-order valence-corrected chi connectivity index (χ1v) is 7.06. The lowest BCUT2D eigenvalue weighted by Crippen LogP contribution is -2.50. The van der Waals surface area contributed by atoms with Crippen molar-refractivity contribution >= 4 is 5.78 Å². The van der Waals surface area contributed by atoms with Gasteiger partial charge in [0.1, 0.15) is 0 Å². The number of carbonyl (C=O) groups excluding carboxylic acids is 1. The van der Waals surface area contributed by atoms with Crippen LogP contribution in [0.5, 0.6) is 11.5 Å². The third kappa shape index (κ3) is 2.51. The van der Waals surface area contributed by atoms with Crippen LogP contribution in [0.4, 0.5) is 0 Å². The third-order valence-corrected chi connectivity index (χ3v) is 4.24. The van der Waals surface area contributed by atoms with Gasteiger partial charge in [-0.3, -0.25) is 9.69 Å². The summed E-state index contributed by atoms with van der Waals surface area (Å²) in [6, 6.07) is 4.56. The largest absolute Gasteiger partial charge is 0.504 e. The molecule has 5 heteroatoms. The van der Waals surface area contributed by atoms with E-state index < -0.39 is 0 Å². The van der Waals surface area contributed by atoms with Gasteiger partial charge in [-0.1, -0.05) is 0 Å². The van der Waals surface area contributed by atoms with Crippen LogP contribution in [0.15, 0.2) is 18.2 Å². The Morgan fingerprint density at radius 1 is 1.30 bits per heavy atom. The number of rotatable bonds is 3. The van der Waals surface area contributed by atoms with Crippen molar-refractivity contribution in [2.75, 3.05) is 19.7 Å². The van der Waals surface area contributed by atoms with Gasteiger partial charge < -0.3 is 14.9 Å². The highest BCUT2D eigenvalue weighted by Gasteiger charge is 2.36. The Balaban J connectivity index is 1.70. The Morgan fingerprint density at radius 2 is 2.15 bits per heavy atom. The summed E-state index contributed by atoms with van der Waals surface area (Å²) in [6.45, 7) is 1.79. The van der Waals surface area contributed by atoms with Crippen molar-refractivity contribution < 1.29 is 19.7 Å². The summed E-state index contributed by atoms with van der Waals surface area (Å²) in [4.78, 5) is 14.5. The molecule has 1 aromatic rings. The molecule has 0 aromatic heterocycles. The Kier molecular flexibility index (Phi) is 3.63. The van der Waals surface area contributed by atoms with Gasteiger partial charge in [-0.15, -0.1) is 0 Å². The van der Waals surface area contributed by atoms with Crippen molar-refractivity contribution in [2.24, 2.45) is 0 Å². The van der Waals surface area contributed by atoms with Crippen LogP contribution in [0.1, 0.15) is 29.6 Å². The molecule has 2 N–H and O–H groups in total. The van der Waals surface area contributed by atoms with Crippen molar-refractivity contribution in [1.29, 1.82) is 0 Å². The minimum atomic E-state index is -0.253. The second-order valence-corrected chi connectivity index (χ2v) is 5.50. The molecule has 2 aliphatic rings. The van der Waals surface area contributed by atoms with Gasteiger partial charge >= 0.3 is 0 Å². The molecule has 2 atom stereocenters. The third-order valence-electron chi connectivity index (χ3n) is 4.24. The molecule has 0 bridgehead atoms. The van der Waals surface area contributed by atoms with E-state index in [1.807, 2.05) is 0 Å². The number of nitrogens with zero attached hydrogens (tertiary/aromatic N) is 1. The van der Waals surface area contributed by atoms with Crippen LogP contribution in [0.3, 0.4) is 0 Å². The maximum Gasteiger partial charge on any atom is 0.176 e. The van der Waals surface area contributed by atoms with Gasteiger partial charge in [0.2, 0.25) is 0 Å². The first kappa shape index (κ1) is 13.4. The number of aromatic hydroxyl groups is 2. The van der Waals surface area contributed by atoms with Gasteiger partial charge in [0.05, 0.1) is 19.3 Å². The minimum absolute atomic E-state index is 0.0344. The molecule has 0 radical (unpaired) electrons. The molecular formula is C15H19NO4. The van der Waals surface area contributed by atoms with Gasteiger partial charge in [0, 0.05) is 18.2 Å². The van der Waals surface area contributed by atoms with E-state index in [2.05, 4.69) is 4.90 Å². The molecule has 5 nitrogen and oxygen atoms in total. The number of ketones is 1. The Bertz CT molecular complexity index is 517. The number of phenolic OH excluding ortho intramolecular Hbond substituents is 2. The van der Waals surface area contributed by atoms with Crippen LogP contribution >= 0.6 is 0 Å². The van der Waals surface area contributed by atoms with E-state index in [0.29, 0.717) is 24.8 Å². The van der Waals surface area contributed by atoms with E-state index >= 15 is 0 Å². The Labute approximate surface area is 117 Å². The van der Waals surface area contributed by atoms with Crippen LogP contribution < -0.4 is 0 Å². The number of ether oxygens (including phenoxy) is 1. The Morgan fingerprint density at radius 3 is 2.95 bits per heavy atom. The lowest BCUT2D eigenvalue weighted by molar-refractivity contribution is -0.0522. The minimum Gasteiger partial charge on any atom is -0.504 e. The fourth-order valence-corrected chi connectivity index (χ4v) is 3.17. The van der Waals surface area contributed by atoms with Crippen LogP contribution in [0.25, 0.3) is 0 Å². The van der Waals surface area contributed by atoms with Crippen molar-refractivity contribution in [3.63, 3.8) is 0 Å². The van der Waals surface area contributed by atoms with E-state index in [4.69, 9.17) is 4.74 Å². The molecule has 1 heterocycles. The molecule has 1 saturated heterocycles. The zero-order chi connectivity index (χ0) is 14.1. The van der Waals surface area contributed by atoms with E-state index in [1.54, 1.807) is 6.07 Å². The zero-order valence-corrected chi connectivity index (χ0v) is 11.3. The van der Waals surface area contributed by atoms with Crippen molar-refractivity contribution in [2.45, 2.75) is 31.4 Å². The van der Waals surface area contributed by atoms with Gasteiger partial charge in [0.15, 0.2) is 17.3 Å². The molecule has 0 spiro atoms. The molecular weight excluding hydrogens is 258 g/mol. The number of hydrogen-bond donors (Lipinski definition) is 2. The molecule has 0 amide bonds. The lowest BCUT2D eigenvalue weighted by atomic mass is 10.1. The van der Waals surface area contributed by atoms with Crippen LogP contribution in [0, 0.1) is 0 Å². The van der Waals surface area contributed by atoms with E-state index in [0.717, 1.165) is 25.8 Å². The summed E-state index contributed by atoms with van der Waals surface area (Å²) in [7, 11) is 0. The second kappa shape index (κ2) is 5.42. The predicted octanol–water partition coefficient (Wildman–Crippen LogP) is 1.53. The summed E-state index contributed by atoms with van der Waals surface area (Å²) in [6.07, 6.45) is 3.58. The average Bonchev–Trinajstić information content (AvgIpc) is 2.91. The zero-order valence-electron chi connectivity index (χ0n) is 11.3. The molecule has 1 saturated carbocycles. The molecule has 2 unspecified atom stereocenters. The van der Waals surface area contributed by atoms with E-state index in [1.165, 1.54) is 12.1 Å². The highest BCUT2D eigenvalue weighted by atomic mass is 16.5. The monoisotopic (exact) mass is 277 g/mol. The highest BCUT2D eigenvalue weighted by molar-refractivity contribution is 5.98. The normalized spacial score (nSPS) is 26.4. The van der Waals surface area contributed by atoms with Crippen LogP contribution in [-0.2, 0) is 4.74 Å². The van der Waals surface area contributed by atoms with Crippen LogP contribution in [-0.4, -0.2) is 52.7 Å². The predicted molar refractivity (Wildman–Crippen MR) is 73.1 cm³/mol. The lowest BCUT2D eigenvalue weighted by Gasteiger charge is -2.37. The molecule has 3 rings (SSSR count). The number of fused-ring (bicyclic) bond motifs is 1. The van der Waals surface area contributed by atoms with Gasteiger partial charge in [-0.2, -0.15) is 0 Å². The SMILES string of the molecule is O=C(CN1CCOC2CCCC21)c1ccc(O)c(O)c1. The number of benzene rings is 1. The van der Waals surface area contributed by atoms with Crippen molar-refractivity contribution in [3.05, 3.63) is 23.8 Å². The maximum absolute atomic E-state index is 12.3. The number of carbonyl (C=O) groups is 1. The smallest absolute Gasteiger partial charge is 0.176 e. The summed E-state index contributed by atoms with van der Waals surface area (Å²) in [5, 5.41) is 18.8. The fourth-order valence-electron chi connectivity index (χ4n) is 3.17. The van der Waals surface area contributed by atoms with E-state index in [9.17, 15) is 15.0 Å². The molecule has 1 aliphatic heterocycles. The fraction of sp³-hybridized carbons (Fsp3) is 0.533. The quantitative estimate of drug-likeness (QED) is 0.648. The summed E-state index contributed by atoms with van der Waals surface area (Å²) in [5.74, 6) is -0.492. The average molecular weight is 277 g/mol. The molecule has 2 fully saturated rings. The second-order valence-electron chi connectivity index (χ2n) is 5.50. The summed E-state index contributed by atoms with van der Waals surface area (Å²) in [5.41, 5.74) is 0.432. The first-order chi connectivity index (χ1) is 9.65. The van der Waals surface area contributed by atoms with Crippen molar-refractivity contribution in [3.8, 4) is 11.5 Å². The van der Waals surface area contributed by atoms with Gasteiger partial charge in [-0.05, 0) is 37.5 Å². The number of morpholine rings is 1. The number of hydrogen-bond acceptors (Lipinski definition) is 5. The maximum atomic E-state index is 12.3. The standard InChI is InChI=1S/C15H19NO4/c17-12-5-4-10(8-13(12)18)14(19)9-16-6-7-20-15-3-1-2-11(15)16/h4-5,8,11,15,17-18H,1-3,6-7,9H2. The number of Topliss-reactive ketones (excluding diaryl/α,β-unsaturated/α-hetero) is 1. The summed E-state index contributed by atoms with van der Waals surface area (Å²) >= 11 is 0. The van der Waals surface area contributed by atoms with Gasteiger partial charge in [-0.25, -0.2) is 0 Å². The van der Waals surface area contributed by atoms with Crippen molar-refractivity contribution in [1.82, 2.24) is 4.90 Å². The molecule has 1 aromatic carbocycles. The van der Waals surface area contributed by atoms with E-state index in [-0.39, 0.29) is 23.4 Å². The molecule has 1 aliphatic carbocycles. The van der Waals surface area contributed by atoms with Crippen LogP contribution in [0.2, 0.25) is 0 Å². The van der Waals surface area contributed by atoms with Gasteiger partial charge in [0.25, 0.3) is 0 Å². The Hall–Kier alpha value is -1.59. The topological polar surface area (TPSA) is 70.0 Å². The summed E-state index contributed by atoms with van der Waals surface area (Å²) < 4.78 is 5.73. The highest BCUT2D eigenvalue weighted by Crippen LogP contribution is 2.30. The molecule has 108 valence electrons.